The van der Waals surface area contributed by atoms with Crippen molar-refractivity contribution in [3.05, 3.63) is 83.3 Å². The van der Waals surface area contributed by atoms with Crippen molar-refractivity contribution in [3.63, 3.8) is 0 Å². The molecule has 0 radical (unpaired) electrons. The van der Waals surface area contributed by atoms with E-state index in [0.29, 0.717) is 24.2 Å². The molecule has 1 N–H and O–H groups in total. The number of benzene rings is 2. The third kappa shape index (κ3) is 8.38. The Bertz CT molecular complexity index is 1940. The lowest BCUT2D eigenvalue weighted by atomic mass is 9.99. The summed E-state index contributed by atoms with van der Waals surface area (Å²) in [7, 11) is -4.21. The van der Waals surface area contributed by atoms with Gasteiger partial charge in [0.1, 0.15) is 18.1 Å². The summed E-state index contributed by atoms with van der Waals surface area (Å²) in [6.07, 6.45) is 7.87. The van der Waals surface area contributed by atoms with Gasteiger partial charge in [0.15, 0.2) is 0 Å². The van der Waals surface area contributed by atoms with Gasteiger partial charge in [-0.05, 0) is 95.5 Å². The van der Waals surface area contributed by atoms with Crippen LogP contribution in [0.25, 0.3) is 11.3 Å². The molecule has 0 aliphatic carbocycles. The molecule has 1 fully saturated rings. The van der Waals surface area contributed by atoms with Crippen LogP contribution in [-0.4, -0.2) is 70.6 Å². The largest absolute Gasteiger partial charge is 0.475 e. The molecular formula is C37H44FN7O4S. The van der Waals surface area contributed by atoms with Gasteiger partial charge in [0.05, 0.1) is 41.3 Å². The van der Waals surface area contributed by atoms with Crippen molar-refractivity contribution in [2.24, 2.45) is 0 Å². The molecule has 6 rings (SSSR count). The van der Waals surface area contributed by atoms with Crippen LogP contribution < -0.4 is 14.4 Å². The maximum absolute atomic E-state index is 14.7. The lowest BCUT2D eigenvalue weighted by Gasteiger charge is -2.33. The van der Waals surface area contributed by atoms with Crippen LogP contribution >= 0.6 is 0 Å². The van der Waals surface area contributed by atoms with Gasteiger partial charge in [-0.15, -0.1) is 0 Å². The number of sulfonamides is 1. The number of fused-ring (bicyclic) bond motifs is 4. The first-order valence-electron chi connectivity index (χ1n) is 17.1. The molecule has 0 spiro atoms. The van der Waals surface area contributed by atoms with Crippen LogP contribution in [0.4, 0.5) is 16.2 Å². The number of hydrogen-bond donors (Lipinski definition) is 1. The topological polar surface area (TPSA) is 131 Å². The van der Waals surface area contributed by atoms with Crippen molar-refractivity contribution in [1.82, 2.24) is 24.8 Å². The van der Waals surface area contributed by atoms with Crippen LogP contribution in [-0.2, 0) is 16.6 Å². The number of rotatable bonds is 8. The van der Waals surface area contributed by atoms with Crippen molar-refractivity contribution >= 4 is 27.7 Å². The number of alkyl halides is 1. The molecule has 13 heteroatoms. The highest BCUT2D eigenvalue weighted by Crippen LogP contribution is 2.31. The summed E-state index contributed by atoms with van der Waals surface area (Å²) in [6, 6.07) is 12.9. The Morgan fingerprint density at radius 3 is 2.46 bits per heavy atom. The van der Waals surface area contributed by atoms with Crippen molar-refractivity contribution in [3.8, 4) is 17.1 Å². The lowest BCUT2D eigenvalue weighted by Crippen LogP contribution is -2.44. The number of nitrogens with one attached hydrogen (secondary N) is 1. The lowest BCUT2D eigenvalue weighted by molar-refractivity contribution is 0.0557. The van der Waals surface area contributed by atoms with Crippen LogP contribution in [0, 0.1) is 13.8 Å². The fourth-order valence-corrected chi connectivity index (χ4v) is 7.58. The molecule has 4 aromatic rings. The number of nitrogens with zero attached hydrogens (tertiary/aromatic N) is 6. The maximum Gasteiger partial charge on any atom is 0.264 e. The highest BCUT2D eigenvalue weighted by atomic mass is 32.2. The Morgan fingerprint density at radius 1 is 0.980 bits per heavy atom. The normalized spacial score (nSPS) is 17.9. The summed E-state index contributed by atoms with van der Waals surface area (Å²) in [6.45, 7) is 8.85. The Hall–Kier alpha value is -4.65. The van der Waals surface area contributed by atoms with Crippen LogP contribution in [0.2, 0.25) is 0 Å². The van der Waals surface area contributed by atoms with Crippen molar-refractivity contribution < 1.29 is 22.3 Å². The first kappa shape index (κ1) is 35.2. The average molecular weight is 702 g/mol. The molecule has 11 nitrogen and oxygen atoms in total. The second-order valence-corrected chi connectivity index (χ2v) is 15.4. The molecule has 1 saturated heterocycles. The number of ether oxygens (including phenoxy) is 1. The Labute approximate surface area is 293 Å². The summed E-state index contributed by atoms with van der Waals surface area (Å²) in [4.78, 5) is 36.6. The SMILES string of the molecule is Cc1cccc(C)c1-c1cc2nc(n1)NS(=O)(=O)c1cccc(c1)C(=O)N(Cc1cncc(N3CCCCC3)n1)C(CCCC(C)(C)F)CO2. The van der Waals surface area contributed by atoms with E-state index < -0.39 is 27.6 Å². The third-order valence-corrected chi connectivity index (χ3v) is 10.5. The molecule has 4 heterocycles. The third-order valence-electron chi connectivity index (χ3n) is 9.17. The molecule has 264 valence electrons. The number of carbonyl (C=O) groups is 1. The summed E-state index contributed by atoms with van der Waals surface area (Å²) in [5.74, 6) is 0.317. The molecule has 4 bridgehead atoms. The smallest absolute Gasteiger partial charge is 0.264 e. The Kier molecular flexibility index (Phi) is 10.3. The van der Waals surface area contributed by atoms with Gasteiger partial charge in [-0.2, -0.15) is 4.98 Å². The summed E-state index contributed by atoms with van der Waals surface area (Å²) in [5, 5.41) is 0. The van der Waals surface area contributed by atoms with E-state index in [4.69, 9.17) is 9.72 Å². The average Bonchev–Trinajstić information content (AvgIpc) is 3.08. The van der Waals surface area contributed by atoms with Crippen LogP contribution in [0.5, 0.6) is 5.88 Å². The van der Waals surface area contributed by atoms with E-state index in [-0.39, 0.29) is 41.9 Å². The minimum Gasteiger partial charge on any atom is -0.475 e. The number of halogens is 1. The van der Waals surface area contributed by atoms with Crippen molar-refractivity contribution in [1.29, 1.82) is 0 Å². The number of anilines is 2. The minimum absolute atomic E-state index is 0.00673. The number of carbonyl (C=O) groups excluding carboxylic acids is 1. The van der Waals surface area contributed by atoms with E-state index in [0.717, 1.165) is 48.4 Å². The highest BCUT2D eigenvalue weighted by molar-refractivity contribution is 7.92. The minimum atomic E-state index is -4.21. The number of aromatic nitrogens is 4. The predicted octanol–water partition coefficient (Wildman–Crippen LogP) is 6.66. The zero-order chi connectivity index (χ0) is 35.5. The van der Waals surface area contributed by atoms with Crippen LogP contribution in [0.1, 0.15) is 79.6 Å². The molecular weight excluding hydrogens is 658 g/mol. The first-order valence-corrected chi connectivity index (χ1v) is 18.6. The standard InChI is InChI=1S/C37H44FN7O4S/c1-25-11-8-12-26(2)34(25)31-20-33-42-36(41-31)43-50(47,48)30-15-9-13-27(19-30)35(46)45(29(24-49-33)14-10-16-37(3,4)38)23-28-21-39-22-32(40-28)44-17-6-5-7-18-44/h8-9,11-13,15,19-22,29H,5-7,10,14,16-18,23-24H2,1-4H3,(H,41,42,43). The quantitative estimate of drug-likeness (QED) is 0.214. The molecule has 2 aliphatic heterocycles. The fraction of sp³-hybridized carbons (Fsp3) is 0.432. The van der Waals surface area contributed by atoms with E-state index in [2.05, 4.69) is 24.6 Å². The van der Waals surface area contributed by atoms with Gasteiger partial charge in [-0.1, -0.05) is 24.3 Å². The molecule has 2 aromatic heterocycles. The van der Waals surface area contributed by atoms with Gasteiger partial charge < -0.3 is 14.5 Å². The molecule has 1 atom stereocenters. The second-order valence-electron chi connectivity index (χ2n) is 13.7. The van der Waals surface area contributed by atoms with Crippen molar-refractivity contribution in [2.75, 3.05) is 29.3 Å². The number of piperidine rings is 1. The van der Waals surface area contributed by atoms with Gasteiger partial charge in [0.2, 0.25) is 11.8 Å². The zero-order valence-corrected chi connectivity index (χ0v) is 29.8. The Morgan fingerprint density at radius 2 is 1.72 bits per heavy atom. The van der Waals surface area contributed by atoms with Crippen LogP contribution in [0.3, 0.4) is 0 Å². The van der Waals surface area contributed by atoms with Gasteiger partial charge in [0.25, 0.3) is 15.9 Å². The fourth-order valence-electron chi connectivity index (χ4n) is 6.59. The molecule has 50 heavy (non-hydrogen) atoms. The van der Waals surface area contributed by atoms with E-state index in [1.54, 1.807) is 29.4 Å². The monoisotopic (exact) mass is 701 g/mol. The van der Waals surface area contributed by atoms with Gasteiger partial charge in [0, 0.05) is 30.3 Å². The number of aryl methyl sites for hydroxylation is 2. The molecule has 1 unspecified atom stereocenters. The van der Waals surface area contributed by atoms with E-state index in [1.807, 2.05) is 32.0 Å². The summed E-state index contributed by atoms with van der Waals surface area (Å²) in [5.41, 5.74) is 2.57. The maximum atomic E-state index is 14.7. The van der Waals surface area contributed by atoms with Gasteiger partial charge >= 0.3 is 0 Å². The first-order chi connectivity index (χ1) is 23.9. The number of hydrogen-bond acceptors (Lipinski definition) is 9. The van der Waals surface area contributed by atoms with E-state index >= 15 is 0 Å². The second kappa shape index (κ2) is 14.7. The van der Waals surface area contributed by atoms with Crippen molar-refractivity contribution in [2.45, 2.75) is 89.4 Å². The zero-order valence-electron chi connectivity index (χ0n) is 29.0. The predicted molar refractivity (Wildman–Crippen MR) is 190 cm³/mol. The molecule has 1 amide bonds. The molecule has 2 aromatic carbocycles. The van der Waals surface area contributed by atoms with Gasteiger partial charge in [-0.3, -0.25) is 9.78 Å². The van der Waals surface area contributed by atoms with Crippen LogP contribution in [0.15, 0.2) is 65.8 Å². The summed E-state index contributed by atoms with van der Waals surface area (Å²) >= 11 is 0. The van der Waals surface area contributed by atoms with E-state index in [1.165, 1.54) is 38.5 Å². The number of amides is 1. The Balaban J connectivity index is 1.44. The summed E-state index contributed by atoms with van der Waals surface area (Å²) < 4.78 is 51.0. The molecule has 2 aliphatic rings. The van der Waals surface area contributed by atoms with Gasteiger partial charge in [-0.25, -0.2) is 27.5 Å². The highest BCUT2D eigenvalue weighted by Gasteiger charge is 2.30. The van der Waals surface area contributed by atoms with E-state index in [9.17, 15) is 17.6 Å². The molecule has 0 saturated carbocycles.